The number of aliphatic hydroxyl groups excluding tert-OH is 1. The molecule has 1 heterocycles. The van der Waals surface area contributed by atoms with Crippen LogP contribution in [0.25, 0.3) is 10.9 Å². The summed E-state index contributed by atoms with van der Waals surface area (Å²) in [4.78, 5) is 4.12. The Balaban J connectivity index is 2.61. The van der Waals surface area contributed by atoms with Crippen LogP contribution in [0.2, 0.25) is 0 Å². The number of phenolic OH excluding ortho intramolecular Hbond substituents is 1. The second-order valence-electron chi connectivity index (χ2n) is 3.70. The maximum absolute atomic E-state index is 9.60. The Morgan fingerprint density at radius 3 is 2.87 bits per heavy atom. The summed E-state index contributed by atoms with van der Waals surface area (Å²) in [5.74, 6) is 0.181. The van der Waals surface area contributed by atoms with Crippen molar-refractivity contribution in [1.29, 1.82) is 0 Å². The molecule has 0 aliphatic carbocycles. The summed E-state index contributed by atoms with van der Waals surface area (Å²) in [6.07, 6.45) is 1.83. The highest BCUT2D eigenvalue weighted by molar-refractivity contribution is 5.87. The number of aromatic hydroxyl groups is 1. The Morgan fingerprint density at radius 2 is 2.13 bits per heavy atom. The molecule has 0 bridgehead atoms. The fourth-order valence-electron chi connectivity index (χ4n) is 1.71. The summed E-state index contributed by atoms with van der Waals surface area (Å²) in [6, 6.07) is 7.17. The van der Waals surface area contributed by atoms with E-state index in [1.54, 1.807) is 19.2 Å². The van der Waals surface area contributed by atoms with Gasteiger partial charge < -0.3 is 10.2 Å². The fraction of sp³-hybridized carbons (Fsp3) is 0.250. The van der Waals surface area contributed by atoms with Gasteiger partial charge in [-0.1, -0.05) is 12.1 Å². The lowest BCUT2D eigenvalue weighted by Gasteiger charge is -2.08. The van der Waals surface area contributed by atoms with E-state index in [1.165, 1.54) is 0 Å². The van der Waals surface area contributed by atoms with E-state index in [2.05, 4.69) is 4.98 Å². The molecule has 2 aromatic rings. The zero-order valence-corrected chi connectivity index (χ0v) is 8.51. The second-order valence-corrected chi connectivity index (χ2v) is 3.70. The molecule has 1 unspecified atom stereocenters. The summed E-state index contributed by atoms with van der Waals surface area (Å²) < 4.78 is 0. The minimum absolute atomic E-state index is 0.181. The standard InChI is InChI=1S/C12H13NO2/c1-8(14)7-9-4-5-11(15)12-10(9)3-2-6-13-12/h2-6,8,14-15H,7H2,1H3. The number of hydrogen-bond acceptors (Lipinski definition) is 3. The second kappa shape index (κ2) is 3.87. The van der Waals surface area contributed by atoms with Crippen molar-refractivity contribution in [3.63, 3.8) is 0 Å². The largest absolute Gasteiger partial charge is 0.506 e. The quantitative estimate of drug-likeness (QED) is 0.783. The number of hydrogen-bond donors (Lipinski definition) is 2. The van der Waals surface area contributed by atoms with E-state index in [9.17, 15) is 10.2 Å². The fourth-order valence-corrected chi connectivity index (χ4v) is 1.71. The zero-order chi connectivity index (χ0) is 10.8. The third-order valence-electron chi connectivity index (χ3n) is 2.35. The average molecular weight is 203 g/mol. The predicted octanol–water partition coefficient (Wildman–Crippen LogP) is 1.86. The van der Waals surface area contributed by atoms with Gasteiger partial charge in [-0.05, 0) is 31.0 Å². The molecule has 2 N–H and O–H groups in total. The highest BCUT2D eigenvalue weighted by atomic mass is 16.3. The Hall–Kier alpha value is -1.61. The van der Waals surface area contributed by atoms with Gasteiger partial charge in [-0.2, -0.15) is 0 Å². The summed E-state index contributed by atoms with van der Waals surface area (Å²) in [5.41, 5.74) is 1.60. The van der Waals surface area contributed by atoms with Crippen LogP contribution in [0.1, 0.15) is 12.5 Å². The molecule has 0 spiro atoms. The van der Waals surface area contributed by atoms with Gasteiger partial charge in [0.25, 0.3) is 0 Å². The molecule has 78 valence electrons. The molecule has 3 nitrogen and oxygen atoms in total. The third-order valence-corrected chi connectivity index (χ3v) is 2.35. The number of aliphatic hydroxyl groups is 1. The van der Waals surface area contributed by atoms with E-state index >= 15 is 0 Å². The molecule has 1 atom stereocenters. The molecular weight excluding hydrogens is 190 g/mol. The summed E-state index contributed by atoms with van der Waals surface area (Å²) >= 11 is 0. The van der Waals surface area contributed by atoms with E-state index in [0.717, 1.165) is 10.9 Å². The van der Waals surface area contributed by atoms with Gasteiger partial charge in [-0.3, -0.25) is 4.98 Å². The molecule has 1 aromatic carbocycles. The number of fused-ring (bicyclic) bond motifs is 1. The van der Waals surface area contributed by atoms with E-state index < -0.39 is 6.10 Å². The molecule has 0 saturated carbocycles. The number of pyridine rings is 1. The van der Waals surface area contributed by atoms with Crippen LogP contribution < -0.4 is 0 Å². The first-order valence-electron chi connectivity index (χ1n) is 4.92. The van der Waals surface area contributed by atoms with Crippen molar-refractivity contribution in [3.05, 3.63) is 36.0 Å². The zero-order valence-electron chi connectivity index (χ0n) is 8.51. The van der Waals surface area contributed by atoms with Gasteiger partial charge >= 0.3 is 0 Å². The lowest BCUT2D eigenvalue weighted by molar-refractivity contribution is 0.196. The number of benzene rings is 1. The van der Waals surface area contributed by atoms with E-state index in [4.69, 9.17) is 0 Å². The number of nitrogens with zero attached hydrogens (tertiary/aromatic N) is 1. The molecule has 0 radical (unpaired) electrons. The first kappa shape index (κ1) is 9.93. The third kappa shape index (κ3) is 1.92. The SMILES string of the molecule is CC(O)Cc1ccc(O)c2ncccc12. The molecule has 3 heteroatoms. The maximum atomic E-state index is 9.60. The molecule has 0 aliphatic rings. The molecule has 0 saturated heterocycles. The van der Waals surface area contributed by atoms with Gasteiger partial charge in [0, 0.05) is 11.6 Å². The molecule has 0 amide bonds. The van der Waals surface area contributed by atoms with E-state index in [-0.39, 0.29) is 5.75 Å². The molecular formula is C12H13NO2. The van der Waals surface area contributed by atoms with Gasteiger partial charge in [0.1, 0.15) is 11.3 Å². The van der Waals surface area contributed by atoms with Gasteiger partial charge in [0.2, 0.25) is 0 Å². The van der Waals surface area contributed by atoms with Crippen molar-refractivity contribution in [1.82, 2.24) is 4.98 Å². The topological polar surface area (TPSA) is 53.4 Å². The highest BCUT2D eigenvalue weighted by Gasteiger charge is 2.07. The van der Waals surface area contributed by atoms with Crippen LogP contribution >= 0.6 is 0 Å². The van der Waals surface area contributed by atoms with Crippen LogP contribution in [-0.4, -0.2) is 21.3 Å². The van der Waals surface area contributed by atoms with Crippen molar-refractivity contribution in [2.45, 2.75) is 19.4 Å². The van der Waals surface area contributed by atoms with Crippen LogP contribution in [0.4, 0.5) is 0 Å². The normalized spacial score (nSPS) is 12.9. The first-order chi connectivity index (χ1) is 7.18. The maximum Gasteiger partial charge on any atom is 0.141 e. The van der Waals surface area contributed by atoms with Gasteiger partial charge in [0.05, 0.1) is 6.10 Å². The first-order valence-corrected chi connectivity index (χ1v) is 4.92. The smallest absolute Gasteiger partial charge is 0.141 e. The summed E-state index contributed by atoms with van der Waals surface area (Å²) in [7, 11) is 0. The summed E-state index contributed by atoms with van der Waals surface area (Å²) in [6.45, 7) is 1.75. The molecule has 0 fully saturated rings. The van der Waals surface area contributed by atoms with Crippen LogP contribution in [-0.2, 0) is 6.42 Å². The highest BCUT2D eigenvalue weighted by Crippen LogP contribution is 2.26. The average Bonchev–Trinajstić information content (AvgIpc) is 2.22. The lowest BCUT2D eigenvalue weighted by Crippen LogP contribution is -2.04. The minimum Gasteiger partial charge on any atom is -0.506 e. The Bertz CT molecular complexity index is 480. The predicted molar refractivity (Wildman–Crippen MR) is 58.8 cm³/mol. The number of rotatable bonds is 2. The molecule has 1 aromatic heterocycles. The molecule has 0 aliphatic heterocycles. The van der Waals surface area contributed by atoms with Gasteiger partial charge in [0.15, 0.2) is 0 Å². The van der Waals surface area contributed by atoms with Crippen molar-refractivity contribution in [3.8, 4) is 5.75 Å². The van der Waals surface area contributed by atoms with Crippen molar-refractivity contribution >= 4 is 10.9 Å². The summed E-state index contributed by atoms with van der Waals surface area (Å²) in [5, 5.41) is 19.9. The van der Waals surface area contributed by atoms with E-state index in [0.29, 0.717) is 11.9 Å². The van der Waals surface area contributed by atoms with Crippen LogP contribution in [0.15, 0.2) is 30.5 Å². The molecule has 2 rings (SSSR count). The Morgan fingerprint density at radius 1 is 1.33 bits per heavy atom. The monoisotopic (exact) mass is 203 g/mol. The number of phenols is 1. The number of aromatic nitrogens is 1. The van der Waals surface area contributed by atoms with Crippen molar-refractivity contribution in [2.24, 2.45) is 0 Å². The van der Waals surface area contributed by atoms with Crippen LogP contribution in [0, 0.1) is 0 Å². The van der Waals surface area contributed by atoms with Crippen LogP contribution in [0.3, 0.4) is 0 Å². The van der Waals surface area contributed by atoms with Crippen LogP contribution in [0.5, 0.6) is 5.75 Å². The van der Waals surface area contributed by atoms with Crippen molar-refractivity contribution < 1.29 is 10.2 Å². The Labute approximate surface area is 88.0 Å². The van der Waals surface area contributed by atoms with Gasteiger partial charge in [-0.15, -0.1) is 0 Å². The van der Waals surface area contributed by atoms with Crippen molar-refractivity contribution in [2.75, 3.05) is 0 Å². The van der Waals surface area contributed by atoms with E-state index in [1.807, 2.05) is 18.2 Å². The molecule has 15 heavy (non-hydrogen) atoms. The lowest BCUT2D eigenvalue weighted by atomic mass is 10.0. The van der Waals surface area contributed by atoms with Gasteiger partial charge in [-0.25, -0.2) is 0 Å². The Kier molecular flexibility index (Phi) is 2.56. The minimum atomic E-state index is -0.391.